The van der Waals surface area contributed by atoms with Gasteiger partial charge in [0.1, 0.15) is 22.0 Å². The Kier molecular flexibility index (Phi) is 9.07. The lowest BCUT2D eigenvalue weighted by Gasteiger charge is -2.41. The Morgan fingerprint density at radius 3 is 2.41 bits per heavy atom. The molecule has 37 heavy (non-hydrogen) atoms. The predicted molar refractivity (Wildman–Crippen MR) is 150 cm³/mol. The van der Waals surface area contributed by atoms with Crippen molar-refractivity contribution in [3.8, 4) is 5.75 Å². The molecule has 0 amide bonds. The fourth-order valence-electron chi connectivity index (χ4n) is 5.62. The topological polar surface area (TPSA) is 87.0 Å². The minimum absolute atomic E-state index is 0. The standard InChI is InChI=1S/C30H38O5S.CH4/c1-19-14-26(24(29(2,3)4)16-21(19)18-31)36-27-25(33)17-30(35-28(27)34,22-9-5-6-10-22)13-12-20-8-7-11-23(32)15-20;/h7-8,11,14-16,22,31-33H,5-6,9-10,12-13,17-18H2,1-4H3;1H4/t30-;/m0./s1. The fourth-order valence-corrected chi connectivity index (χ4v) is 6.86. The number of hydrogen-bond acceptors (Lipinski definition) is 6. The molecule has 1 aliphatic carbocycles. The maximum Gasteiger partial charge on any atom is 0.349 e. The van der Waals surface area contributed by atoms with Crippen molar-refractivity contribution < 1.29 is 24.9 Å². The molecule has 0 spiro atoms. The summed E-state index contributed by atoms with van der Waals surface area (Å²) in [6.45, 7) is 8.20. The summed E-state index contributed by atoms with van der Waals surface area (Å²) in [5, 5.41) is 30.9. The maximum atomic E-state index is 13.5. The van der Waals surface area contributed by atoms with Crippen LogP contribution in [0.3, 0.4) is 0 Å². The van der Waals surface area contributed by atoms with Gasteiger partial charge in [0.05, 0.1) is 6.61 Å². The SMILES string of the molecule is C.Cc1cc(SC2=C(O)C[C@@](CCc3cccc(O)c3)(C3CCCC3)OC2=O)c(C(C)(C)C)cc1CO. The molecule has 0 aromatic heterocycles. The Balaban J connectivity index is 0.00000380. The van der Waals surface area contributed by atoms with E-state index in [1.807, 2.05) is 31.2 Å². The second-order valence-electron chi connectivity index (χ2n) is 11.3. The van der Waals surface area contributed by atoms with Gasteiger partial charge in [0.25, 0.3) is 0 Å². The van der Waals surface area contributed by atoms with Crippen molar-refractivity contribution in [2.24, 2.45) is 5.92 Å². The molecule has 202 valence electrons. The Bertz CT molecular complexity index is 1160. The third kappa shape index (κ3) is 6.35. The number of aliphatic hydroxyl groups is 2. The van der Waals surface area contributed by atoms with Gasteiger partial charge in [-0.2, -0.15) is 0 Å². The van der Waals surface area contributed by atoms with E-state index >= 15 is 0 Å². The zero-order valence-electron chi connectivity index (χ0n) is 21.8. The summed E-state index contributed by atoms with van der Waals surface area (Å²) in [4.78, 5) is 14.6. The van der Waals surface area contributed by atoms with Gasteiger partial charge in [-0.25, -0.2) is 4.79 Å². The van der Waals surface area contributed by atoms with Crippen LogP contribution in [-0.4, -0.2) is 26.9 Å². The number of aryl methyl sites for hydroxylation is 2. The summed E-state index contributed by atoms with van der Waals surface area (Å²) in [6.07, 6.45) is 5.75. The van der Waals surface area contributed by atoms with E-state index in [1.54, 1.807) is 12.1 Å². The molecule has 5 nitrogen and oxygen atoms in total. The van der Waals surface area contributed by atoms with Crippen LogP contribution >= 0.6 is 11.8 Å². The lowest BCUT2D eigenvalue weighted by molar-refractivity contribution is -0.166. The monoisotopic (exact) mass is 526 g/mol. The van der Waals surface area contributed by atoms with Crippen molar-refractivity contribution in [1.29, 1.82) is 0 Å². The average Bonchev–Trinajstić information content (AvgIpc) is 3.35. The van der Waals surface area contributed by atoms with E-state index in [4.69, 9.17) is 4.74 Å². The number of aliphatic hydroxyl groups excluding tert-OH is 2. The van der Waals surface area contributed by atoms with Gasteiger partial charge >= 0.3 is 5.97 Å². The Labute approximate surface area is 226 Å². The van der Waals surface area contributed by atoms with Crippen LogP contribution in [0.2, 0.25) is 0 Å². The largest absolute Gasteiger partial charge is 0.511 e. The van der Waals surface area contributed by atoms with Crippen molar-refractivity contribution in [3.05, 3.63) is 69.3 Å². The molecule has 0 radical (unpaired) electrons. The number of rotatable bonds is 7. The Morgan fingerprint density at radius 1 is 1.11 bits per heavy atom. The predicted octanol–water partition coefficient (Wildman–Crippen LogP) is 7.50. The smallest absolute Gasteiger partial charge is 0.349 e. The summed E-state index contributed by atoms with van der Waals surface area (Å²) in [7, 11) is 0. The molecular formula is C31H42O5S. The summed E-state index contributed by atoms with van der Waals surface area (Å²) in [6, 6.07) is 11.2. The highest BCUT2D eigenvalue weighted by Crippen LogP contribution is 2.49. The van der Waals surface area contributed by atoms with Crippen LogP contribution in [0.1, 0.15) is 89.0 Å². The summed E-state index contributed by atoms with van der Waals surface area (Å²) >= 11 is 1.27. The van der Waals surface area contributed by atoms with Crippen LogP contribution in [0.25, 0.3) is 0 Å². The summed E-state index contributed by atoms with van der Waals surface area (Å²) < 4.78 is 6.29. The first kappa shape index (κ1) is 29.1. The van der Waals surface area contributed by atoms with Gasteiger partial charge in [-0.3, -0.25) is 0 Å². The first-order chi connectivity index (χ1) is 17.0. The van der Waals surface area contributed by atoms with Crippen LogP contribution in [0.4, 0.5) is 0 Å². The minimum Gasteiger partial charge on any atom is -0.511 e. The molecule has 6 heteroatoms. The number of ether oxygens (including phenoxy) is 1. The number of benzene rings is 2. The van der Waals surface area contributed by atoms with E-state index < -0.39 is 11.6 Å². The highest BCUT2D eigenvalue weighted by Gasteiger charge is 2.48. The summed E-state index contributed by atoms with van der Waals surface area (Å²) in [5.41, 5.74) is 2.87. The maximum absolute atomic E-state index is 13.5. The number of cyclic esters (lactones) is 1. The number of esters is 1. The van der Waals surface area contributed by atoms with Gasteiger partial charge in [0, 0.05) is 11.3 Å². The number of carbonyl (C=O) groups excluding carboxylic acids is 1. The Morgan fingerprint density at radius 2 is 1.81 bits per heavy atom. The highest BCUT2D eigenvalue weighted by molar-refractivity contribution is 8.04. The quantitative estimate of drug-likeness (QED) is 0.324. The first-order valence-corrected chi connectivity index (χ1v) is 13.7. The zero-order valence-corrected chi connectivity index (χ0v) is 22.6. The molecule has 1 heterocycles. The van der Waals surface area contributed by atoms with Gasteiger partial charge < -0.3 is 20.1 Å². The summed E-state index contributed by atoms with van der Waals surface area (Å²) in [5.74, 6) is 0.0726. The molecule has 1 atom stereocenters. The lowest BCUT2D eigenvalue weighted by atomic mass is 9.77. The van der Waals surface area contributed by atoms with E-state index in [9.17, 15) is 20.1 Å². The van der Waals surface area contributed by atoms with E-state index in [0.29, 0.717) is 19.3 Å². The third-order valence-corrected chi connectivity index (χ3v) is 8.85. The van der Waals surface area contributed by atoms with Gasteiger partial charge in [-0.05, 0) is 84.4 Å². The number of hydrogen-bond donors (Lipinski definition) is 3. The zero-order chi connectivity index (χ0) is 26.1. The number of carbonyl (C=O) groups is 1. The van der Waals surface area contributed by atoms with E-state index in [2.05, 4.69) is 20.8 Å². The molecule has 0 bridgehead atoms. The molecule has 2 aromatic rings. The Hall–Kier alpha value is -2.44. The highest BCUT2D eigenvalue weighted by atomic mass is 32.2. The van der Waals surface area contributed by atoms with Gasteiger partial charge in [-0.15, -0.1) is 0 Å². The van der Waals surface area contributed by atoms with Crippen LogP contribution in [0.15, 0.2) is 52.0 Å². The van der Waals surface area contributed by atoms with Crippen molar-refractivity contribution >= 4 is 17.7 Å². The average molecular weight is 527 g/mol. The molecule has 1 saturated carbocycles. The number of thioether (sulfide) groups is 1. The second-order valence-corrected chi connectivity index (χ2v) is 12.4. The van der Waals surface area contributed by atoms with Crippen molar-refractivity contribution in [1.82, 2.24) is 0 Å². The van der Waals surface area contributed by atoms with E-state index in [1.165, 1.54) is 11.8 Å². The fraction of sp³-hybridized carbons (Fsp3) is 0.516. The molecule has 0 saturated heterocycles. The van der Waals surface area contributed by atoms with Crippen molar-refractivity contribution in [2.45, 2.75) is 103 Å². The third-order valence-electron chi connectivity index (χ3n) is 7.69. The first-order valence-electron chi connectivity index (χ1n) is 12.9. The molecule has 1 aliphatic heterocycles. The van der Waals surface area contributed by atoms with Crippen molar-refractivity contribution in [2.75, 3.05) is 0 Å². The van der Waals surface area contributed by atoms with Crippen LogP contribution < -0.4 is 0 Å². The van der Waals surface area contributed by atoms with Gasteiger partial charge in [0.2, 0.25) is 0 Å². The van der Waals surface area contributed by atoms with E-state index in [0.717, 1.165) is 52.8 Å². The van der Waals surface area contributed by atoms with Gasteiger partial charge in [0.15, 0.2) is 0 Å². The number of aromatic hydroxyl groups is 1. The van der Waals surface area contributed by atoms with E-state index in [-0.39, 0.29) is 41.8 Å². The second kappa shape index (κ2) is 11.5. The molecule has 0 unspecified atom stereocenters. The normalized spacial score (nSPS) is 20.6. The van der Waals surface area contributed by atoms with Crippen LogP contribution in [0.5, 0.6) is 5.75 Å². The van der Waals surface area contributed by atoms with Crippen LogP contribution in [-0.2, 0) is 28.0 Å². The molecule has 4 rings (SSSR count). The van der Waals surface area contributed by atoms with Crippen LogP contribution in [0, 0.1) is 12.8 Å². The molecule has 2 aliphatic rings. The number of phenolic OH excluding ortho intramolecular Hbond substituents is 1. The minimum atomic E-state index is -0.739. The lowest BCUT2D eigenvalue weighted by Crippen LogP contribution is -2.45. The van der Waals surface area contributed by atoms with Gasteiger partial charge in [-0.1, -0.05) is 71.0 Å². The molecular weight excluding hydrogens is 484 g/mol. The molecule has 1 fully saturated rings. The number of phenols is 1. The van der Waals surface area contributed by atoms with Crippen molar-refractivity contribution in [3.63, 3.8) is 0 Å². The molecule has 3 N–H and O–H groups in total. The molecule has 2 aromatic carbocycles.